The maximum absolute atomic E-state index is 11.0. The molecule has 1 unspecified atom stereocenters. The number of hydrogen-bond donors (Lipinski definition) is 4. The SMILES string of the molecule is CC(=O)C(N)(CCCN=C(N)N)C(=O)O.Cl. The van der Waals surface area contributed by atoms with Crippen molar-refractivity contribution in [2.45, 2.75) is 25.3 Å². The Morgan fingerprint density at radius 2 is 1.88 bits per heavy atom. The molecule has 94 valence electrons. The third-order valence-corrected chi connectivity index (χ3v) is 2.03. The Morgan fingerprint density at radius 1 is 1.38 bits per heavy atom. The van der Waals surface area contributed by atoms with Gasteiger partial charge in [-0.05, 0) is 19.8 Å². The van der Waals surface area contributed by atoms with Gasteiger partial charge in [-0.3, -0.25) is 9.79 Å². The lowest BCUT2D eigenvalue weighted by molar-refractivity contribution is -0.148. The number of aliphatic imine (C=N–C) groups is 1. The molecule has 0 aliphatic rings. The van der Waals surface area contributed by atoms with Crippen LogP contribution in [0.3, 0.4) is 0 Å². The zero-order valence-corrected chi connectivity index (χ0v) is 9.79. The molecular formula is C8H17ClN4O3. The number of nitrogens with zero attached hydrogens (tertiary/aromatic N) is 1. The monoisotopic (exact) mass is 252 g/mol. The second kappa shape index (κ2) is 7.02. The number of aliphatic carboxylic acids is 1. The van der Waals surface area contributed by atoms with Crippen molar-refractivity contribution in [3.8, 4) is 0 Å². The molecule has 0 amide bonds. The number of guanidine groups is 1. The Balaban J connectivity index is 0. The summed E-state index contributed by atoms with van der Waals surface area (Å²) in [5, 5.41) is 8.78. The summed E-state index contributed by atoms with van der Waals surface area (Å²) >= 11 is 0. The predicted octanol–water partition coefficient (Wildman–Crippen LogP) is -1.17. The molecule has 0 aromatic rings. The zero-order valence-electron chi connectivity index (χ0n) is 8.97. The first-order valence-electron chi connectivity index (χ1n) is 4.39. The molecule has 0 saturated heterocycles. The molecule has 16 heavy (non-hydrogen) atoms. The predicted molar refractivity (Wildman–Crippen MR) is 62.4 cm³/mol. The molecule has 8 heteroatoms. The minimum absolute atomic E-state index is 0. The maximum Gasteiger partial charge on any atom is 0.331 e. The van der Waals surface area contributed by atoms with Crippen molar-refractivity contribution in [3.63, 3.8) is 0 Å². The lowest BCUT2D eigenvalue weighted by Gasteiger charge is -2.20. The van der Waals surface area contributed by atoms with E-state index >= 15 is 0 Å². The summed E-state index contributed by atoms with van der Waals surface area (Å²) in [6.07, 6.45) is 0.342. The molecule has 0 heterocycles. The van der Waals surface area contributed by atoms with Gasteiger partial charge in [-0.1, -0.05) is 0 Å². The van der Waals surface area contributed by atoms with Crippen LogP contribution >= 0.6 is 12.4 Å². The van der Waals surface area contributed by atoms with Crippen molar-refractivity contribution in [3.05, 3.63) is 0 Å². The van der Waals surface area contributed by atoms with E-state index in [1.807, 2.05) is 0 Å². The number of Topliss-reactive ketones (excluding diaryl/α,β-unsaturated/α-hetero) is 1. The van der Waals surface area contributed by atoms with E-state index in [1.54, 1.807) is 0 Å². The van der Waals surface area contributed by atoms with Gasteiger partial charge in [0.15, 0.2) is 17.3 Å². The molecule has 0 spiro atoms. The number of hydrogen-bond acceptors (Lipinski definition) is 4. The fourth-order valence-corrected chi connectivity index (χ4v) is 1.000. The molecule has 0 saturated carbocycles. The molecule has 0 aliphatic heterocycles. The molecule has 7 nitrogen and oxygen atoms in total. The van der Waals surface area contributed by atoms with Crippen molar-refractivity contribution >= 4 is 30.1 Å². The minimum atomic E-state index is -1.83. The topological polar surface area (TPSA) is 145 Å². The van der Waals surface area contributed by atoms with Crippen LogP contribution < -0.4 is 17.2 Å². The Bertz CT molecular complexity index is 275. The smallest absolute Gasteiger partial charge is 0.331 e. The van der Waals surface area contributed by atoms with Crippen LogP contribution in [0.25, 0.3) is 0 Å². The van der Waals surface area contributed by atoms with E-state index < -0.39 is 17.3 Å². The van der Waals surface area contributed by atoms with E-state index in [4.69, 9.17) is 22.3 Å². The molecule has 0 bridgehead atoms. The molecule has 0 radical (unpaired) electrons. The van der Waals surface area contributed by atoms with Crippen LogP contribution in [0, 0.1) is 0 Å². The number of carboxylic acids is 1. The van der Waals surface area contributed by atoms with Crippen molar-refractivity contribution in [1.82, 2.24) is 0 Å². The average Bonchev–Trinajstić information content (AvgIpc) is 2.10. The van der Waals surface area contributed by atoms with E-state index in [9.17, 15) is 9.59 Å². The van der Waals surface area contributed by atoms with E-state index in [2.05, 4.69) is 4.99 Å². The van der Waals surface area contributed by atoms with Crippen LogP contribution in [-0.4, -0.2) is 34.9 Å². The second-order valence-corrected chi connectivity index (χ2v) is 3.24. The number of carbonyl (C=O) groups is 2. The number of ketones is 1. The quantitative estimate of drug-likeness (QED) is 0.203. The van der Waals surface area contributed by atoms with E-state index in [-0.39, 0.29) is 31.3 Å². The van der Waals surface area contributed by atoms with Crippen LogP contribution in [0.2, 0.25) is 0 Å². The Labute approximate surface area is 99.5 Å². The maximum atomic E-state index is 11.0. The van der Waals surface area contributed by atoms with Gasteiger partial charge >= 0.3 is 5.97 Å². The molecule has 0 aromatic carbocycles. The number of nitrogens with two attached hydrogens (primary N) is 3. The van der Waals surface area contributed by atoms with Gasteiger partial charge in [0.05, 0.1) is 0 Å². The second-order valence-electron chi connectivity index (χ2n) is 3.24. The normalized spacial score (nSPS) is 13.1. The summed E-state index contributed by atoms with van der Waals surface area (Å²) in [6, 6.07) is 0. The Morgan fingerprint density at radius 3 is 2.19 bits per heavy atom. The first-order chi connectivity index (χ1) is 6.80. The largest absolute Gasteiger partial charge is 0.480 e. The number of carbonyl (C=O) groups excluding carboxylic acids is 1. The van der Waals surface area contributed by atoms with Crippen LogP contribution in [0.4, 0.5) is 0 Å². The van der Waals surface area contributed by atoms with Gasteiger partial charge in [0.2, 0.25) is 0 Å². The van der Waals surface area contributed by atoms with Crippen molar-refractivity contribution < 1.29 is 14.7 Å². The van der Waals surface area contributed by atoms with Gasteiger partial charge in [0.1, 0.15) is 0 Å². The highest BCUT2D eigenvalue weighted by atomic mass is 35.5. The van der Waals surface area contributed by atoms with Crippen molar-refractivity contribution in [2.75, 3.05) is 6.54 Å². The summed E-state index contributed by atoms with van der Waals surface area (Å²) in [5.74, 6) is -1.99. The fourth-order valence-electron chi connectivity index (χ4n) is 1.000. The summed E-state index contributed by atoms with van der Waals surface area (Å²) in [4.78, 5) is 25.5. The van der Waals surface area contributed by atoms with Gasteiger partial charge in [-0.15, -0.1) is 12.4 Å². The van der Waals surface area contributed by atoms with Gasteiger partial charge in [-0.25, -0.2) is 4.79 Å². The number of halogens is 1. The van der Waals surface area contributed by atoms with Gasteiger partial charge in [0, 0.05) is 6.54 Å². The van der Waals surface area contributed by atoms with Crippen LogP contribution in [0.1, 0.15) is 19.8 Å². The van der Waals surface area contributed by atoms with Crippen LogP contribution in [-0.2, 0) is 9.59 Å². The van der Waals surface area contributed by atoms with Crippen molar-refractivity contribution in [2.24, 2.45) is 22.2 Å². The zero-order chi connectivity index (χ0) is 12.1. The highest BCUT2D eigenvalue weighted by molar-refractivity contribution is 6.06. The molecule has 0 aromatic heterocycles. The first kappa shape index (κ1) is 17.1. The third-order valence-electron chi connectivity index (χ3n) is 2.03. The van der Waals surface area contributed by atoms with E-state index in [0.717, 1.165) is 6.92 Å². The molecule has 0 aliphatic carbocycles. The lowest BCUT2D eigenvalue weighted by Crippen LogP contribution is -2.54. The highest BCUT2D eigenvalue weighted by Gasteiger charge is 2.38. The Kier molecular flexibility index (Phi) is 7.49. The number of carboxylic acid groups (broad SMARTS) is 1. The molecular weight excluding hydrogens is 236 g/mol. The third kappa shape index (κ3) is 4.94. The molecule has 7 N–H and O–H groups in total. The highest BCUT2D eigenvalue weighted by Crippen LogP contribution is 2.11. The van der Waals surface area contributed by atoms with E-state index in [0.29, 0.717) is 6.42 Å². The molecule has 0 rings (SSSR count). The summed E-state index contributed by atoms with van der Waals surface area (Å²) in [5.41, 5.74) is 13.8. The Hall–Kier alpha value is -1.34. The lowest BCUT2D eigenvalue weighted by atomic mass is 9.91. The fraction of sp³-hybridized carbons (Fsp3) is 0.625. The average molecular weight is 253 g/mol. The van der Waals surface area contributed by atoms with Crippen LogP contribution in [0.5, 0.6) is 0 Å². The van der Waals surface area contributed by atoms with Gasteiger partial charge in [0.25, 0.3) is 0 Å². The van der Waals surface area contributed by atoms with Gasteiger partial charge in [-0.2, -0.15) is 0 Å². The molecule has 0 fully saturated rings. The summed E-state index contributed by atoms with van der Waals surface area (Å²) in [6.45, 7) is 1.40. The summed E-state index contributed by atoms with van der Waals surface area (Å²) < 4.78 is 0. The minimum Gasteiger partial charge on any atom is -0.480 e. The summed E-state index contributed by atoms with van der Waals surface area (Å²) in [7, 11) is 0. The van der Waals surface area contributed by atoms with Gasteiger partial charge < -0.3 is 22.3 Å². The standard InChI is InChI=1S/C8H16N4O3.ClH/c1-5(13)8(11,6(14)15)3-2-4-12-7(9)10;/h2-4,11H2,1H3,(H,14,15)(H4,9,10,12);1H. The van der Waals surface area contributed by atoms with Crippen LogP contribution in [0.15, 0.2) is 4.99 Å². The van der Waals surface area contributed by atoms with E-state index in [1.165, 1.54) is 0 Å². The van der Waals surface area contributed by atoms with Crippen molar-refractivity contribution in [1.29, 1.82) is 0 Å². The first-order valence-corrected chi connectivity index (χ1v) is 4.39. The number of rotatable bonds is 6. The molecule has 1 atom stereocenters.